The van der Waals surface area contributed by atoms with E-state index >= 15 is 0 Å². The van der Waals surface area contributed by atoms with E-state index in [0.29, 0.717) is 6.10 Å². The molecule has 2 atom stereocenters. The highest BCUT2D eigenvalue weighted by Gasteiger charge is 2.26. The van der Waals surface area contributed by atoms with Crippen LogP contribution >= 0.6 is 0 Å². The van der Waals surface area contributed by atoms with E-state index in [4.69, 9.17) is 4.74 Å². The molecule has 1 nitrogen and oxygen atoms in total. The summed E-state index contributed by atoms with van der Waals surface area (Å²) in [7, 11) is 0. The molecule has 10 heavy (non-hydrogen) atoms. The maximum atomic E-state index is 5.50. The highest BCUT2D eigenvalue weighted by molar-refractivity contribution is 4.90. The molecule has 0 saturated heterocycles. The Morgan fingerprint density at radius 3 is 3.00 bits per heavy atom. The van der Waals surface area contributed by atoms with Gasteiger partial charge < -0.3 is 4.74 Å². The van der Waals surface area contributed by atoms with Crippen LogP contribution in [0, 0.1) is 5.92 Å². The average molecular weight is 138 g/mol. The van der Waals surface area contributed by atoms with Crippen LogP contribution < -0.4 is 0 Å². The normalized spacial score (nSPS) is 38.4. The van der Waals surface area contributed by atoms with Crippen molar-refractivity contribution < 1.29 is 4.74 Å². The molecule has 0 radical (unpaired) electrons. The van der Waals surface area contributed by atoms with Crippen molar-refractivity contribution in [3.05, 3.63) is 12.3 Å². The van der Waals surface area contributed by atoms with E-state index in [0.717, 1.165) is 5.92 Å². The van der Waals surface area contributed by atoms with E-state index < -0.39 is 0 Å². The van der Waals surface area contributed by atoms with E-state index in [1.165, 1.54) is 32.1 Å². The molecule has 1 fully saturated rings. The van der Waals surface area contributed by atoms with Crippen molar-refractivity contribution in [3.63, 3.8) is 0 Å². The predicted octanol–water partition coefficient (Wildman–Crippen LogP) is 2.48. The van der Waals surface area contributed by atoms with E-state index in [1.54, 1.807) is 0 Å². The molecule has 2 rings (SSSR count). The highest BCUT2D eigenvalue weighted by atomic mass is 16.5. The van der Waals surface area contributed by atoms with Crippen molar-refractivity contribution in [2.75, 3.05) is 0 Å². The Bertz CT molecular complexity index is 124. The third kappa shape index (κ3) is 1.05. The SMILES string of the molecule is C1=COC2CCCCC2C1. The third-order valence-electron chi connectivity index (χ3n) is 2.63. The Balaban J connectivity index is 2.01. The number of fused-ring (bicyclic) bond motifs is 1. The topological polar surface area (TPSA) is 9.23 Å². The van der Waals surface area contributed by atoms with Crippen LogP contribution in [0.15, 0.2) is 12.3 Å². The van der Waals surface area contributed by atoms with Gasteiger partial charge in [0.2, 0.25) is 0 Å². The summed E-state index contributed by atoms with van der Waals surface area (Å²) in [6, 6.07) is 0. The van der Waals surface area contributed by atoms with Crippen LogP contribution in [-0.2, 0) is 4.74 Å². The Kier molecular flexibility index (Phi) is 1.66. The van der Waals surface area contributed by atoms with Gasteiger partial charge in [-0.05, 0) is 37.7 Å². The fraction of sp³-hybridized carbons (Fsp3) is 0.778. The first-order valence-corrected chi connectivity index (χ1v) is 4.27. The predicted molar refractivity (Wildman–Crippen MR) is 40.6 cm³/mol. The Morgan fingerprint density at radius 1 is 1.20 bits per heavy atom. The van der Waals surface area contributed by atoms with Crippen molar-refractivity contribution >= 4 is 0 Å². The minimum absolute atomic E-state index is 0.568. The van der Waals surface area contributed by atoms with Gasteiger partial charge in [-0.15, -0.1) is 0 Å². The largest absolute Gasteiger partial charge is 0.498 e. The Labute approximate surface area is 62.1 Å². The van der Waals surface area contributed by atoms with Gasteiger partial charge in [0, 0.05) is 0 Å². The van der Waals surface area contributed by atoms with Crippen LogP contribution in [0.4, 0.5) is 0 Å². The lowest BCUT2D eigenvalue weighted by Crippen LogP contribution is -2.27. The van der Waals surface area contributed by atoms with Gasteiger partial charge in [0.05, 0.1) is 6.26 Å². The lowest BCUT2D eigenvalue weighted by molar-refractivity contribution is 0.0406. The maximum Gasteiger partial charge on any atom is 0.101 e. The molecule has 1 heterocycles. The molecule has 2 unspecified atom stereocenters. The first-order chi connectivity index (χ1) is 4.97. The minimum atomic E-state index is 0.568. The van der Waals surface area contributed by atoms with Crippen LogP contribution in [0.3, 0.4) is 0 Å². The van der Waals surface area contributed by atoms with E-state index in [1.807, 2.05) is 6.26 Å². The average Bonchev–Trinajstić information content (AvgIpc) is 2.05. The smallest absolute Gasteiger partial charge is 0.101 e. The second kappa shape index (κ2) is 2.65. The molecule has 0 aromatic rings. The lowest BCUT2D eigenvalue weighted by Gasteiger charge is -2.32. The van der Waals surface area contributed by atoms with Crippen LogP contribution in [-0.4, -0.2) is 6.10 Å². The molecular weight excluding hydrogens is 124 g/mol. The molecule has 1 heteroatoms. The monoisotopic (exact) mass is 138 g/mol. The second-order valence-corrected chi connectivity index (χ2v) is 3.33. The summed E-state index contributed by atoms with van der Waals surface area (Å²) in [5.41, 5.74) is 0. The van der Waals surface area contributed by atoms with Gasteiger partial charge >= 0.3 is 0 Å². The fourth-order valence-corrected chi connectivity index (χ4v) is 2.01. The molecular formula is C9H14O. The zero-order chi connectivity index (χ0) is 6.81. The summed E-state index contributed by atoms with van der Waals surface area (Å²) in [6.45, 7) is 0. The molecule has 0 bridgehead atoms. The molecule has 0 aromatic heterocycles. The number of ether oxygens (including phenoxy) is 1. The first kappa shape index (κ1) is 6.26. The number of hydrogen-bond acceptors (Lipinski definition) is 1. The van der Waals surface area contributed by atoms with Crippen LogP contribution in [0.5, 0.6) is 0 Å². The lowest BCUT2D eigenvalue weighted by atomic mass is 9.83. The summed E-state index contributed by atoms with van der Waals surface area (Å²) >= 11 is 0. The van der Waals surface area contributed by atoms with E-state index in [9.17, 15) is 0 Å². The molecule has 0 N–H and O–H groups in total. The zero-order valence-electron chi connectivity index (χ0n) is 6.25. The molecule has 56 valence electrons. The van der Waals surface area contributed by atoms with E-state index in [-0.39, 0.29) is 0 Å². The summed E-state index contributed by atoms with van der Waals surface area (Å²) in [5, 5.41) is 0. The van der Waals surface area contributed by atoms with Crippen molar-refractivity contribution in [1.82, 2.24) is 0 Å². The number of hydrogen-bond donors (Lipinski definition) is 0. The molecule has 1 aliphatic heterocycles. The van der Waals surface area contributed by atoms with Gasteiger partial charge in [-0.25, -0.2) is 0 Å². The van der Waals surface area contributed by atoms with Crippen LogP contribution in [0.1, 0.15) is 32.1 Å². The van der Waals surface area contributed by atoms with Crippen LogP contribution in [0.2, 0.25) is 0 Å². The van der Waals surface area contributed by atoms with Gasteiger partial charge in [0.25, 0.3) is 0 Å². The Morgan fingerprint density at radius 2 is 2.10 bits per heavy atom. The summed E-state index contributed by atoms with van der Waals surface area (Å²) in [6.07, 6.45) is 11.3. The highest BCUT2D eigenvalue weighted by Crippen LogP contribution is 2.31. The van der Waals surface area contributed by atoms with E-state index in [2.05, 4.69) is 6.08 Å². The number of rotatable bonds is 0. The summed E-state index contributed by atoms with van der Waals surface area (Å²) < 4.78 is 5.50. The maximum absolute atomic E-state index is 5.50. The summed E-state index contributed by atoms with van der Waals surface area (Å²) in [5.74, 6) is 0.846. The molecule has 2 aliphatic rings. The zero-order valence-corrected chi connectivity index (χ0v) is 6.25. The molecule has 0 aromatic carbocycles. The Hall–Kier alpha value is -0.460. The standard InChI is InChI=1S/C9H14O/c1-2-6-9-8(4-1)5-3-7-10-9/h3,7-9H,1-2,4-6H2. The van der Waals surface area contributed by atoms with Gasteiger partial charge in [-0.1, -0.05) is 6.42 Å². The van der Waals surface area contributed by atoms with Crippen molar-refractivity contribution in [2.24, 2.45) is 5.92 Å². The van der Waals surface area contributed by atoms with Crippen molar-refractivity contribution in [1.29, 1.82) is 0 Å². The van der Waals surface area contributed by atoms with Gasteiger partial charge in [-0.2, -0.15) is 0 Å². The van der Waals surface area contributed by atoms with Crippen LogP contribution in [0.25, 0.3) is 0 Å². The minimum Gasteiger partial charge on any atom is -0.498 e. The quantitative estimate of drug-likeness (QED) is 0.499. The first-order valence-electron chi connectivity index (χ1n) is 4.27. The molecule has 0 spiro atoms. The van der Waals surface area contributed by atoms with Gasteiger partial charge in [-0.3, -0.25) is 0 Å². The van der Waals surface area contributed by atoms with Gasteiger partial charge in [0.15, 0.2) is 0 Å². The van der Waals surface area contributed by atoms with Crippen molar-refractivity contribution in [2.45, 2.75) is 38.2 Å². The second-order valence-electron chi connectivity index (χ2n) is 3.33. The fourth-order valence-electron chi connectivity index (χ4n) is 2.01. The van der Waals surface area contributed by atoms with Crippen molar-refractivity contribution in [3.8, 4) is 0 Å². The van der Waals surface area contributed by atoms with Gasteiger partial charge in [0.1, 0.15) is 6.10 Å². The molecule has 1 saturated carbocycles. The number of allylic oxidation sites excluding steroid dienone is 1. The molecule has 1 aliphatic carbocycles. The molecule has 0 amide bonds. The summed E-state index contributed by atoms with van der Waals surface area (Å²) in [4.78, 5) is 0. The third-order valence-corrected chi connectivity index (χ3v) is 2.63.